The average Bonchev–Trinajstić information content (AvgIpc) is 2.78. The number of rotatable bonds is 3. The first-order chi connectivity index (χ1) is 7.81. The van der Waals surface area contributed by atoms with Gasteiger partial charge >= 0.3 is 0 Å². The van der Waals surface area contributed by atoms with Gasteiger partial charge in [-0.3, -0.25) is 4.79 Å². The Morgan fingerprint density at radius 2 is 2.25 bits per heavy atom. The van der Waals surface area contributed by atoms with Crippen molar-refractivity contribution in [1.29, 1.82) is 0 Å². The summed E-state index contributed by atoms with van der Waals surface area (Å²) in [5.41, 5.74) is 0. The van der Waals surface area contributed by atoms with Gasteiger partial charge < -0.3 is 19.4 Å². The molecule has 5 heteroatoms. The number of carbonyl (C=O) groups is 1. The molecule has 2 rings (SSSR count). The Labute approximate surface area is 94.4 Å². The fraction of sp³-hybridized carbons (Fsp3) is 0.545. The van der Waals surface area contributed by atoms with Gasteiger partial charge in [-0.05, 0) is 12.1 Å². The normalized spacial score (nSPS) is 16.4. The minimum atomic E-state index is -0.0381. The summed E-state index contributed by atoms with van der Waals surface area (Å²) in [4.78, 5) is 13.8. The number of amides is 1. The quantitative estimate of drug-likeness (QED) is 0.811. The third-order valence-electron chi connectivity index (χ3n) is 2.56. The van der Waals surface area contributed by atoms with Gasteiger partial charge in [0.25, 0.3) is 5.91 Å². The van der Waals surface area contributed by atoms with E-state index >= 15 is 0 Å². The topological polar surface area (TPSA) is 54.7 Å². The van der Waals surface area contributed by atoms with E-state index in [2.05, 4.69) is 5.32 Å². The van der Waals surface area contributed by atoms with E-state index in [1.54, 1.807) is 24.1 Å². The zero-order valence-electron chi connectivity index (χ0n) is 9.36. The molecule has 1 aromatic heterocycles. The third kappa shape index (κ3) is 2.43. The van der Waals surface area contributed by atoms with E-state index < -0.39 is 0 Å². The lowest BCUT2D eigenvalue weighted by Crippen LogP contribution is -2.46. The first-order valence-corrected chi connectivity index (χ1v) is 5.39. The van der Waals surface area contributed by atoms with Crippen molar-refractivity contribution in [2.45, 2.75) is 6.61 Å². The second-order valence-electron chi connectivity index (χ2n) is 3.74. The van der Waals surface area contributed by atoms with Crippen molar-refractivity contribution in [3.63, 3.8) is 0 Å². The van der Waals surface area contributed by atoms with Crippen LogP contribution in [0.1, 0.15) is 16.3 Å². The number of furan rings is 1. The molecule has 0 unspecified atom stereocenters. The standard InChI is InChI=1S/C11H16N2O3/c1-15-8-9-2-3-10(16-9)11(14)13-6-4-12-5-7-13/h2-3,12H,4-8H2,1H3. The molecule has 1 saturated heterocycles. The summed E-state index contributed by atoms with van der Waals surface area (Å²) in [5, 5.41) is 3.20. The molecule has 16 heavy (non-hydrogen) atoms. The van der Waals surface area contributed by atoms with Gasteiger partial charge in [0.05, 0.1) is 0 Å². The second kappa shape index (κ2) is 5.14. The Balaban J connectivity index is 2.01. The molecule has 1 aliphatic heterocycles. The fourth-order valence-corrected chi connectivity index (χ4v) is 1.74. The minimum absolute atomic E-state index is 0.0381. The zero-order chi connectivity index (χ0) is 11.4. The summed E-state index contributed by atoms with van der Waals surface area (Å²) < 4.78 is 10.3. The predicted octanol–water partition coefficient (Wildman–Crippen LogP) is 0.471. The van der Waals surface area contributed by atoms with Gasteiger partial charge in [0.1, 0.15) is 12.4 Å². The van der Waals surface area contributed by atoms with E-state index in [9.17, 15) is 4.79 Å². The monoisotopic (exact) mass is 224 g/mol. The van der Waals surface area contributed by atoms with E-state index in [4.69, 9.17) is 9.15 Å². The van der Waals surface area contributed by atoms with Crippen LogP contribution in [0.5, 0.6) is 0 Å². The first-order valence-electron chi connectivity index (χ1n) is 5.39. The maximum Gasteiger partial charge on any atom is 0.289 e. The molecule has 0 aromatic carbocycles. The Hall–Kier alpha value is -1.33. The lowest BCUT2D eigenvalue weighted by Gasteiger charge is -2.26. The molecule has 0 bridgehead atoms. The van der Waals surface area contributed by atoms with Gasteiger partial charge in [-0.15, -0.1) is 0 Å². The zero-order valence-corrected chi connectivity index (χ0v) is 9.36. The lowest BCUT2D eigenvalue weighted by atomic mass is 10.3. The number of hydrogen-bond donors (Lipinski definition) is 1. The highest BCUT2D eigenvalue weighted by Crippen LogP contribution is 2.12. The molecular weight excluding hydrogens is 208 g/mol. The molecule has 88 valence electrons. The summed E-state index contributed by atoms with van der Waals surface area (Å²) in [6.45, 7) is 3.56. The first kappa shape index (κ1) is 11.2. The maximum atomic E-state index is 12.0. The number of nitrogens with zero attached hydrogens (tertiary/aromatic N) is 1. The molecule has 0 saturated carbocycles. The molecule has 0 aliphatic carbocycles. The summed E-state index contributed by atoms with van der Waals surface area (Å²) in [6, 6.07) is 3.48. The second-order valence-corrected chi connectivity index (χ2v) is 3.74. The summed E-state index contributed by atoms with van der Waals surface area (Å²) in [7, 11) is 1.60. The minimum Gasteiger partial charge on any atom is -0.453 e. The highest BCUT2D eigenvalue weighted by molar-refractivity contribution is 5.91. The van der Waals surface area contributed by atoms with Crippen LogP contribution in [0.2, 0.25) is 0 Å². The number of nitrogens with one attached hydrogen (secondary N) is 1. The van der Waals surface area contributed by atoms with Gasteiger partial charge in [0.15, 0.2) is 5.76 Å². The third-order valence-corrected chi connectivity index (χ3v) is 2.56. The lowest BCUT2D eigenvalue weighted by molar-refractivity contribution is 0.0696. The van der Waals surface area contributed by atoms with Gasteiger partial charge in [-0.25, -0.2) is 0 Å². The summed E-state index contributed by atoms with van der Waals surface area (Å²) in [6.07, 6.45) is 0. The molecule has 1 aliphatic rings. The summed E-state index contributed by atoms with van der Waals surface area (Å²) >= 11 is 0. The van der Waals surface area contributed by atoms with Crippen LogP contribution in [0.25, 0.3) is 0 Å². The molecule has 1 fully saturated rings. The van der Waals surface area contributed by atoms with Crippen molar-refractivity contribution >= 4 is 5.91 Å². The number of methoxy groups -OCH3 is 1. The number of hydrogen-bond acceptors (Lipinski definition) is 4. The van der Waals surface area contributed by atoms with Crippen molar-refractivity contribution in [2.75, 3.05) is 33.3 Å². The van der Waals surface area contributed by atoms with Crippen molar-refractivity contribution in [3.05, 3.63) is 23.7 Å². The van der Waals surface area contributed by atoms with Crippen LogP contribution in [0.15, 0.2) is 16.5 Å². The van der Waals surface area contributed by atoms with Crippen LogP contribution in [0.4, 0.5) is 0 Å². The highest BCUT2D eigenvalue weighted by Gasteiger charge is 2.20. The van der Waals surface area contributed by atoms with Gasteiger partial charge in [0, 0.05) is 33.3 Å². The predicted molar refractivity (Wildman–Crippen MR) is 58.2 cm³/mol. The number of ether oxygens (including phenoxy) is 1. The van der Waals surface area contributed by atoms with E-state index in [1.165, 1.54) is 0 Å². The van der Waals surface area contributed by atoms with Crippen molar-refractivity contribution in [2.24, 2.45) is 0 Å². The molecule has 0 spiro atoms. The van der Waals surface area contributed by atoms with Crippen LogP contribution in [-0.2, 0) is 11.3 Å². The Morgan fingerprint density at radius 3 is 2.94 bits per heavy atom. The van der Waals surface area contributed by atoms with Crippen molar-refractivity contribution in [1.82, 2.24) is 10.2 Å². The van der Waals surface area contributed by atoms with Gasteiger partial charge in [-0.2, -0.15) is 0 Å². The van der Waals surface area contributed by atoms with Crippen molar-refractivity contribution < 1.29 is 13.9 Å². The Morgan fingerprint density at radius 1 is 1.50 bits per heavy atom. The van der Waals surface area contributed by atoms with Crippen LogP contribution in [0, 0.1) is 0 Å². The highest BCUT2D eigenvalue weighted by atomic mass is 16.5. The number of piperazine rings is 1. The fourth-order valence-electron chi connectivity index (χ4n) is 1.74. The molecule has 2 heterocycles. The number of carbonyl (C=O) groups excluding carboxylic acids is 1. The van der Waals surface area contributed by atoms with E-state index in [-0.39, 0.29) is 5.91 Å². The molecule has 1 amide bonds. The molecule has 1 N–H and O–H groups in total. The van der Waals surface area contributed by atoms with Crippen LogP contribution >= 0.6 is 0 Å². The van der Waals surface area contributed by atoms with Crippen LogP contribution < -0.4 is 5.32 Å². The maximum absolute atomic E-state index is 12.0. The molecule has 0 atom stereocenters. The van der Waals surface area contributed by atoms with Crippen LogP contribution in [0.3, 0.4) is 0 Å². The molecule has 1 aromatic rings. The Bertz CT molecular complexity index is 356. The molecular formula is C11H16N2O3. The Kier molecular flexibility index (Phi) is 3.58. The van der Waals surface area contributed by atoms with E-state index in [1.807, 2.05) is 0 Å². The largest absolute Gasteiger partial charge is 0.453 e. The summed E-state index contributed by atoms with van der Waals surface area (Å²) in [5.74, 6) is 1.04. The van der Waals surface area contributed by atoms with Gasteiger partial charge in [-0.1, -0.05) is 0 Å². The smallest absolute Gasteiger partial charge is 0.289 e. The van der Waals surface area contributed by atoms with E-state index in [0.717, 1.165) is 26.2 Å². The van der Waals surface area contributed by atoms with E-state index in [0.29, 0.717) is 18.1 Å². The van der Waals surface area contributed by atoms with Crippen LogP contribution in [-0.4, -0.2) is 44.1 Å². The van der Waals surface area contributed by atoms with Gasteiger partial charge in [0.2, 0.25) is 0 Å². The molecule has 5 nitrogen and oxygen atoms in total. The SMILES string of the molecule is COCc1ccc(C(=O)N2CCNCC2)o1. The average molecular weight is 224 g/mol. The molecule has 0 radical (unpaired) electrons. The van der Waals surface area contributed by atoms with Crippen molar-refractivity contribution in [3.8, 4) is 0 Å².